The predicted molar refractivity (Wildman–Crippen MR) is 49.1 cm³/mol. The van der Waals surface area contributed by atoms with Crippen LogP contribution in [-0.2, 0) is 0 Å². The number of likely N-dealkylation sites (tertiary alicyclic amines) is 1. The molecular formula is C9H19FN2. The lowest BCUT2D eigenvalue weighted by Crippen LogP contribution is -2.37. The van der Waals surface area contributed by atoms with Gasteiger partial charge in [0.05, 0.1) is 0 Å². The normalized spacial score (nSPS) is 21.5. The van der Waals surface area contributed by atoms with Gasteiger partial charge in [0, 0.05) is 6.54 Å². The van der Waals surface area contributed by atoms with E-state index < -0.39 is 0 Å². The molecule has 1 rings (SSSR count). The van der Waals surface area contributed by atoms with Crippen molar-refractivity contribution in [1.82, 2.24) is 10.2 Å². The minimum Gasteiger partial charge on any atom is -0.319 e. The molecule has 1 saturated heterocycles. The van der Waals surface area contributed by atoms with E-state index in [4.69, 9.17) is 0 Å². The smallest absolute Gasteiger partial charge is 0.102 e. The van der Waals surface area contributed by atoms with Crippen molar-refractivity contribution < 1.29 is 4.39 Å². The third-order valence-corrected chi connectivity index (χ3v) is 2.60. The van der Waals surface area contributed by atoms with Crippen LogP contribution in [0.3, 0.4) is 0 Å². The Morgan fingerprint density at radius 2 is 2.08 bits per heavy atom. The lowest BCUT2D eigenvalue weighted by Gasteiger charge is -2.30. The first-order valence-corrected chi connectivity index (χ1v) is 4.79. The van der Waals surface area contributed by atoms with Crippen molar-refractivity contribution in [3.63, 3.8) is 0 Å². The van der Waals surface area contributed by atoms with Crippen molar-refractivity contribution in [3.8, 4) is 0 Å². The standard InChI is InChI=1S/C9H19FN2/c1-11-8-9-2-5-12(6-3-9)7-4-10/h9,11H,2-8H2,1H3. The van der Waals surface area contributed by atoms with Crippen LogP contribution in [0.1, 0.15) is 12.8 Å². The van der Waals surface area contributed by atoms with E-state index in [0.717, 1.165) is 25.6 Å². The van der Waals surface area contributed by atoms with Crippen molar-refractivity contribution in [3.05, 3.63) is 0 Å². The van der Waals surface area contributed by atoms with Gasteiger partial charge >= 0.3 is 0 Å². The molecule has 0 aliphatic carbocycles. The Morgan fingerprint density at radius 3 is 2.58 bits per heavy atom. The molecule has 3 heteroatoms. The van der Waals surface area contributed by atoms with Crippen LogP contribution < -0.4 is 5.32 Å². The van der Waals surface area contributed by atoms with Crippen molar-refractivity contribution in [2.24, 2.45) is 5.92 Å². The first-order chi connectivity index (χ1) is 5.86. The van der Waals surface area contributed by atoms with Gasteiger partial charge in [-0.05, 0) is 45.4 Å². The van der Waals surface area contributed by atoms with E-state index >= 15 is 0 Å². The summed E-state index contributed by atoms with van der Waals surface area (Å²) in [4.78, 5) is 2.21. The number of piperidine rings is 1. The van der Waals surface area contributed by atoms with Crippen molar-refractivity contribution >= 4 is 0 Å². The Labute approximate surface area is 74.1 Å². The maximum atomic E-state index is 12.0. The molecule has 72 valence electrons. The fourth-order valence-electron chi connectivity index (χ4n) is 1.82. The molecule has 1 aliphatic heterocycles. The molecule has 0 spiro atoms. The van der Waals surface area contributed by atoms with Crippen LogP contribution in [0.25, 0.3) is 0 Å². The second kappa shape index (κ2) is 5.49. The second-order valence-electron chi connectivity index (χ2n) is 3.53. The van der Waals surface area contributed by atoms with Crippen molar-refractivity contribution in [1.29, 1.82) is 0 Å². The third kappa shape index (κ3) is 3.07. The van der Waals surface area contributed by atoms with Crippen molar-refractivity contribution in [2.45, 2.75) is 12.8 Å². The SMILES string of the molecule is CNCC1CCN(CCF)CC1. The number of nitrogens with zero attached hydrogens (tertiary/aromatic N) is 1. The van der Waals surface area contributed by atoms with E-state index in [2.05, 4.69) is 10.2 Å². The highest BCUT2D eigenvalue weighted by molar-refractivity contribution is 4.72. The van der Waals surface area contributed by atoms with Crippen LogP contribution in [0.2, 0.25) is 0 Å². The van der Waals surface area contributed by atoms with E-state index in [1.807, 2.05) is 7.05 Å². The van der Waals surface area contributed by atoms with Crippen LogP contribution in [0, 0.1) is 5.92 Å². The molecule has 0 bridgehead atoms. The van der Waals surface area contributed by atoms with E-state index in [9.17, 15) is 4.39 Å². The van der Waals surface area contributed by atoms with Gasteiger partial charge in [0.15, 0.2) is 0 Å². The summed E-state index contributed by atoms with van der Waals surface area (Å²) < 4.78 is 12.0. The Bertz CT molecular complexity index is 97.1. The monoisotopic (exact) mass is 174 g/mol. The summed E-state index contributed by atoms with van der Waals surface area (Å²) in [5.74, 6) is 0.811. The summed E-state index contributed by atoms with van der Waals surface area (Å²) in [6.45, 7) is 3.71. The topological polar surface area (TPSA) is 15.3 Å². The lowest BCUT2D eigenvalue weighted by atomic mass is 9.97. The van der Waals surface area contributed by atoms with Crippen LogP contribution in [-0.4, -0.2) is 44.8 Å². The molecule has 0 atom stereocenters. The van der Waals surface area contributed by atoms with Gasteiger partial charge in [0.2, 0.25) is 0 Å². The van der Waals surface area contributed by atoms with Gasteiger partial charge in [0.1, 0.15) is 6.67 Å². The molecule has 1 N–H and O–H groups in total. The van der Waals surface area contributed by atoms with Crippen LogP contribution in [0.5, 0.6) is 0 Å². The summed E-state index contributed by atoms with van der Waals surface area (Å²) >= 11 is 0. The molecule has 0 radical (unpaired) electrons. The molecule has 0 saturated carbocycles. The van der Waals surface area contributed by atoms with Gasteiger partial charge in [0.25, 0.3) is 0 Å². The number of hydrogen-bond donors (Lipinski definition) is 1. The van der Waals surface area contributed by atoms with Crippen LogP contribution >= 0.6 is 0 Å². The molecule has 12 heavy (non-hydrogen) atoms. The third-order valence-electron chi connectivity index (χ3n) is 2.60. The molecule has 0 aromatic carbocycles. The number of nitrogens with one attached hydrogen (secondary N) is 1. The first kappa shape index (κ1) is 9.93. The largest absolute Gasteiger partial charge is 0.319 e. The van der Waals surface area contributed by atoms with Gasteiger partial charge in [-0.15, -0.1) is 0 Å². The van der Waals surface area contributed by atoms with E-state index in [1.165, 1.54) is 12.8 Å². The van der Waals surface area contributed by atoms with Crippen LogP contribution in [0.4, 0.5) is 4.39 Å². The summed E-state index contributed by atoms with van der Waals surface area (Å²) in [5, 5.41) is 3.19. The van der Waals surface area contributed by atoms with E-state index in [0.29, 0.717) is 6.54 Å². The molecule has 2 nitrogen and oxygen atoms in total. The quantitative estimate of drug-likeness (QED) is 0.681. The highest BCUT2D eigenvalue weighted by atomic mass is 19.1. The predicted octanol–water partition coefficient (Wildman–Crippen LogP) is 0.887. The molecule has 1 heterocycles. The van der Waals surface area contributed by atoms with Crippen molar-refractivity contribution in [2.75, 3.05) is 39.9 Å². The van der Waals surface area contributed by atoms with Gasteiger partial charge in [-0.3, -0.25) is 0 Å². The highest BCUT2D eigenvalue weighted by Crippen LogP contribution is 2.15. The van der Waals surface area contributed by atoms with Gasteiger partial charge in [-0.1, -0.05) is 0 Å². The summed E-state index contributed by atoms with van der Waals surface area (Å²) in [6.07, 6.45) is 2.45. The summed E-state index contributed by atoms with van der Waals surface area (Å²) in [6, 6.07) is 0. The number of alkyl halides is 1. The number of rotatable bonds is 4. The fourth-order valence-corrected chi connectivity index (χ4v) is 1.82. The molecule has 0 amide bonds. The summed E-state index contributed by atoms with van der Waals surface area (Å²) in [7, 11) is 1.99. The minimum atomic E-state index is -0.198. The highest BCUT2D eigenvalue weighted by Gasteiger charge is 2.17. The maximum Gasteiger partial charge on any atom is 0.102 e. The molecule has 1 fully saturated rings. The molecule has 1 aliphatic rings. The zero-order valence-electron chi connectivity index (χ0n) is 7.85. The van der Waals surface area contributed by atoms with Gasteiger partial charge in [-0.2, -0.15) is 0 Å². The fraction of sp³-hybridized carbons (Fsp3) is 1.00. The van der Waals surface area contributed by atoms with E-state index in [-0.39, 0.29) is 6.67 Å². The number of halogens is 1. The Morgan fingerprint density at radius 1 is 1.42 bits per heavy atom. The zero-order valence-corrected chi connectivity index (χ0v) is 7.85. The number of hydrogen-bond acceptors (Lipinski definition) is 2. The van der Waals surface area contributed by atoms with E-state index in [1.54, 1.807) is 0 Å². The first-order valence-electron chi connectivity index (χ1n) is 4.79. The minimum absolute atomic E-state index is 0.198. The molecule has 0 unspecified atom stereocenters. The average molecular weight is 174 g/mol. The molecule has 0 aromatic heterocycles. The Balaban J connectivity index is 2.11. The lowest BCUT2D eigenvalue weighted by molar-refractivity contribution is 0.172. The maximum absolute atomic E-state index is 12.0. The summed E-state index contributed by atoms with van der Waals surface area (Å²) in [5.41, 5.74) is 0. The zero-order chi connectivity index (χ0) is 8.81. The average Bonchev–Trinajstić information content (AvgIpc) is 2.09. The van der Waals surface area contributed by atoms with Gasteiger partial charge < -0.3 is 10.2 Å². The molecular weight excluding hydrogens is 155 g/mol. The second-order valence-corrected chi connectivity index (χ2v) is 3.53. The molecule has 0 aromatic rings. The van der Waals surface area contributed by atoms with Crippen LogP contribution in [0.15, 0.2) is 0 Å². The Hall–Kier alpha value is -0.150. The van der Waals surface area contributed by atoms with Gasteiger partial charge in [-0.25, -0.2) is 4.39 Å². The Kier molecular flexibility index (Phi) is 4.54.